The van der Waals surface area contributed by atoms with Crippen molar-refractivity contribution in [3.8, 4) is 0 Å². The lowest BCUT2D eigenvalue weighted by Gasteiger charge is -2.16. The minimum atomic E-state index is -0.310. The Bertz CT molecular complexity index is 1200. The maximum Gasteiger partial charge on any atom is 0.277 e. The lowest BCUT2D eigenvalue weighted by Crippen LogP contribution is -2.13. The van der Waals surface area contributed by atoms with E-state index >= 15 is 0 Å². The van der Waals surface area contributed by atoms with Crippen LogP contribution in [0.15, 0.2) is 41.1 Å². The summed E-state index contributed by atoms with van der Waals surface area (Å²) in [5, 5.41) is 17.0. The van der Waals surface area contributed by atoms with Crippen LogP contribution in [0.4, 0.5) is 11.5 Å². The molecule has 4 aromatic rings. The summed E-state index contributed by atoms with van der Waals surface area (Å²) in [6, 6.07) is 9.23. The number of aromatic amines is 1. The third-order valence-corrected chi connectivity index (χ3v) is 4.78. The van der Waals surface area contributed by atoms with Gasteiger partial charge in [0.2, 0.25) is 0 Å². The number of carbonyl (C=O) groups excluding carboxylic acids is 1. The van der Waals surface area contributed by atoms with Crippen molar-refractivity contribution >= 4 is 28.6 Å². The summed E-state index contributed by atoms with van der Waals surface area (Å²) < 4.78 is 5.21. The highest BCUT2D eigenvalue weighted by Gasteiger charge is 2.15. The molecular weight excluding hydrogens is 382 g/mol. The van der Waals surface area contributed by atoms with Crippen LogP contribution >= 0.6 is 0 Å². The molecule has 1 atom stereocenters. The second kappa shape index (κ2) is 7.94. The zero-order chi connectivity index (χ0) is 21.3. The Labute approximate surface area is 173 Å². The van der Waals surface area contributed by atoms with E-state index in [1.807, 2.05) is 52.0 Å². The van der Waals surface area contributed by atoms with Gasteiger partial charge >= 0.3 is 0 Å². The molecule has 0 aliphatic rings. The van der Waals surface area contributed by atoms with E-state index in [9.17, 15) is 4.79 Å². The molecule has 0 saturated carbocycles. The molecule has 1 aromatic carbocycles. The zero-order valence-corrected chi connectivity index (χ0v) is 17.2. The zero-order valence-electron chi connectivity index (χ0n) is 17.2. The summed E-state index contributed by atoms with van der Waals surface area (Å²) in [6.45, 7) is 7.86. The van der Waals surface area contributed by atoms with Crippen molar-refractivity contribution in [2.75, 3.05) is 10.6 Å². The Kier molecular flexibility index (Phi) is 5.18. The van der Waals surface area contributed by atoms with Crippen LogP contribution in [-0.4, -0.2) is 31.2 Å². The second-order valence-electron chi connectivity index (χ2n) is 7.48. The molecule has 3 heterocycles. The number of H-pyrrole nitrogens is 1. The largest absolute Gasteiger partial charge is 0.362 e. The molecule has 1 amide bonds. The average molecular weight is 405 g/mol. The Hall–Kier alpha value is -3.75. The number of rotatable bonds is 6. The fourth-order valence-corrected chi connectivity index (χ4v) is 3.04. The van der Waals surface area contributed by atoms with Crippen molar-refractivity contribution < 1.29 is 9.32 Å². The predicted molar refractivity (Wildman–Crippen MR) is 113 cm³/mol. The van der Waals surface area contributed by atoms with Crippen molar-refractivity contribution in [2.24, 2.45) is 0 Å². The molecule has 154 valence electrons. The van der Waals surface area contributed by atoms with Crippen molar-refractivity contribution in [2.45, 2.75) is 39.7 Å². The standard InChI is InChI=1S/C21H23N7O2/c1-11(2)17-9-16(28-30-17)21(29)24-15-7-5-6-14(8-15)12(3)23-18-10-22-20-19(25-18)13(4)26-27-20/h5-12H,1-4H3,(H,23,25)(H,24,29)(H,22,26,27)/t12-/m0/s1. The fourth-order valence-electron chi connectivity index (χ4n) is 3.04. The molecule has 3 N–H and O–H groups in total. The first-order valence-corrected chi connectivity index (χ1v) is 9.73. The molecule has 4 rings (SSSR count). The number of hydrogen-bond donors (Lipinski definition) is 3. The number of nitrogens with zero attached hydrogens (tertiary/aromatic N) is 4. The Morgan fingerprint density at radius 2 is 2.03 bits per heavy atom. The van der Waals surface area contributed by atoms with Crippen molar-refractivity contribution in [1.82, 2.24) is 25.3 Å². The van der Waals surface area contributed by atoms with Crippen LogP contribution in [-0.2, 0) is 0 Å². The van der Waals surface area contributed by atoms with E-state index in [1.54, 1.807) is 12.3 Å². The van der Waals surface area contributed by atoms with Crippen LogP contribution in [0, 0.1) is 6.92 Å². The summed E-state index contributed by atoms with van der Waals surface area (Å²) in [7, 11) is 0. The summed E-state index contributed by atoms with van der Waals surface area (Å²) in [4.78, 5) is 21.4. The van der Waals surface area contributed by atoms with Gasteiger partial charge in [-0.2, -0.15) is 5.10 Å². The van der Waals surface area contributed by atoms with Gasteiger partial charge in [-0.1, -0.05) is 31.1 Å². The molecule has 30 heavy (non-hydrogen) atoms. The maximum atomic E-state index is 12.5. The van der Waals surface area contributed by atoms with Crippen LogP contribution in [0.5, 0.6) is 0 Å². The van der Waals surface area contributed by atoms with Gasteiger partial charge in [0, 0.05) is 17.7 Å². The van der Waals surface area contributed by atoms with Gasteiger partial charge in [-0.3, -0.25) is 9.89 Å². The Balaban J connectivity index is 1.47. The van der Waals surface area contributed by atoms with Crippen LogP contribution < -0.4 is 10.6 Å². The van der Waals surface area contributed by atoms with Crippen LogP contribution in [0.2, 0.25) is 0 Å². The lowest BCUT2D eigenvalue weighted by atomic mass is 10.1. The van der Waals surface area contributed by atoms with E-state index in [4.69, 9.17) is 4.52 Å². The fraction of sp³-hybridized carbons (Fsp3) is 0.286. The van der Waals surface area contributed by atoms with E-state index in [0.29, 0.717) is 22.9 Å². The van der Waals surface area contributed by atoms with E-state index in [2.05, 4.69) is 36.0 Å². The molecular formula is C21H23N7O2. The van der Waals surface area contributed by atoms with Gasteiger partial charge in [0.25, 0.3) is 5.91 Å². The number of aryl methyl sites for hydroxylation is 1. The van der Waals surface area contributed by atoms with Crippen molar-refractivity contribution in [1.29, 1.82) is 0 Å². The topological polar surface area (TPSA) is 122 Å². The minimum Gasteiger partial charge on any atom is -0.362 e. The van der Waals surface area contributed by atoms with E-state index in [0.717, 1.165) is 16.8 Å². The van der Waals surface area contributed by atoms with Crippen molar-refractivity contribution in [3.05, 3.63) is 59.2 Å². The summed E-state index contributed by atoms with van der Waals surface area (Å²) in [5.74, 6) is 1.19. The average Bonchev–Trinajstić information content (AvgIpc) is 3.36. The van der Waals surface area contributed by atoms with Crippen molar-refractivity contribution in [3.63, 3.8) is 0 Å². The number of nitrogens with one attached hydrogen (secondary N) is 3. The smallest absolute Gasteiger partial charge is 0.277 e. The van der Waals surface area contributed by atoms with Gasteiger partial charge in [0.05, 0.1) is 17.9 Å². The van der Waals surface area contributed by atoms with Gasteiger partial charge in [0.1, 0.15) is 17.1 Å². The van der Waals surface area contributed by atoms with Crippen LogP contribution in [0.25, 0.3) is 11.2 Å². The molecule has 9 nitrogen and oxygen atoms in total. The summed E-state index contributed by atoms with van der Waals surface area (Å²) in [6.07, 6.45) is 1.67. The first-order chi connectivity index (χ1) is 14.4. The predicted octanol–water partition coefficient (Wildman–Crippen LogP) is 4.20. The summed E-state index contributed by atoms with van der Waals surface area (Å²) >= 11 is 0. The molecule has 0 saturated heterocycles. The van der Waals surface area contributed by atoms with Crippen LogP contribution in [0.3, 0.4) is 0 Å². The van der Waals surface area contributed by atoms with Gasteiger partial charge in [-0.15, -0.1) is 0 Å². The van der Waals surface area contributed by atoms with E-state index in [-0.39, 0.29) is 23.6 Å². The molecule has 3 aromatic heterocycles. The highest BCUT2D eigenvalue weighted by molar-refractivity contribution is 6.02. The number of hydrogen-bond acceptors (Lipinski definition) is 7. The van der Waals surface area contributed by atoms with E-state index < -0.39 is 0 Å². The monoisotopic (exact) mass is 405 g/mol. The van der Waals surface area contributed by atoms with Gasteiger partial charge in [0.15, 0.2) is 11.3 Å². The lowest BCUT2D eigenvalue weighted by molar-refractivity contribution is 0.101. The molecule has 9 heteroatoms. The number of carbonyl (C=O) groups is 1. The first kappa shape index (κ1) is 19.6. The SMILES string of the molecule is Cc1n[nH]c2ncc(N[C@@H](C)c3cccc(NC(=O)c4cc(C(C)C)on4)c3)nc12. The number of amides is 1. The number of anilines is 2. The molecule has 0 spiro atoms. The van der Waals surface area contributed by atoms with E-state index in [1.165, 1.54) is 0 Å². The minimum absolute atomic E-state index is 0.0552. The third-order valence-electron chi connectivity index (χ3n) is 4.78. The number of benzene rings is 1. The molecule has 0 fully saturated rings. The van der Waals surface area contributed by atoms with Crippen LogP contribution in [0.1, 0.15) is 60.2 Å². The highest BCUT2D eigenvalue weighted by Crippen LogP contribution is 2.23. The summed E-state index contributed by atoms with van der Waals surface area (Å²) in [5.41, 5.74) is 4.11. The maximum absolute atomic E-state index is 12.5. The first-order valence-electron chi connectivity index (χ1n) is 9.73. The van der Waals surface area contributed by atoms with Gasteiger partial charge in [-0.25, -0.2) is 9.97 Å². The molecule has 0 aliphatic heterocycles. The highest BCUT2D eigenvalue weighted by atomic mass is 16.5. The number of aromatic nitrogens is 5. The van der Waals surface area contributed by atoms with Gasteiger partial charge < -0.3 is 15.2 Å². The Morgan fingerprint density at radius 3 is 2.80 bits per heavy atom. The molecule has 0 unspecified atom stereocenters. The molecule has 0 bridgehead atoms. The number of fused-ring (bicyclic) bond motifs is 1. The van der Waals surface area contributed by atoms with Gasteiger partial charge in [-0.05, 0) is 31.5 Å². The Morgan fingerprint density at radius 1 is 1.20 bits per heavy atom. The normalized spacial score (nSPS) is 12.3. The molecule has 0 radical (unpaired) electrons. The molecule has 0 aliphatic carbocycles. The second-order valence-corrected chi connectivity index (χ2v) is 7.48. The quantitative estimate of drug-likeness (QED) is 0.439. The third kappa shape index (κ3) is 4.00.